The van der Waals surface area contributed by atoms with Crippen LogP contribution in [0.2, 0.25) is 5.02 Å². The number of non-ortho nitro benzene ring substituents is 1. The molecule has 0 N–H and O–H groups in total. The Bertz CT molecular complexity index is 1200. The Balaban J connectivity index is 1.93. The highest BCUT2D eigenvalue weighted by atomic mass is 79.9. The Kier molecular flexibility index (Phi) is 7.29. The van der Waals surface area contributed by atoms with Crippen molar-refractivity contribution in [1.29, 1.82) is 5.26 Å². The summed E-state index contributed by atoms with van der Waals surface area (Å²) in [4.78, 5) is 10.5. The largest absolute Gasteiger partial charge is 0.493 e. The summed E-state index contributed by atoms with van der Waals surface area (Å²) in [5.74, 6) is 0.970. The van der Waals surface area contributed by atoms with Crippen LogP contribution in [0.15, 0.2) is 65.1 Å². The van der Waals surface area contributed by atoms with Crippen LogP contribution < -0.4 is 9.47 Å². The lowest BCUT2D eigenvalue weighted by atomic mass is 10.0. The molecule has 8 heteroatoms. The summed E-state index contributed by atoms with van der Waals surface area (Å²) in [5, 5.41) is 21.3. The van der Waals surface area contributed by atoms with E-state index < -0.39 is 4.92 Å². The number of nitriles is 1. The molecule has 3 aromatic carbocycles. The van der Waals surface area contributed by atoms with Gasteiger partial charge in [-0.15, -0.1) is 0 Å². The van der Waals surface area contributed by atoms with Crippen molar-refractivity contribution in [2.24, 2.45) is 0 Å². The molecule has 0 aliphatic rings. The third kappa shape index (κ3) is 5.43. The molecule has 31 heavy (non-hydrogen) atoms. The normalized spacial score (nSPS) is 11.0. The van der Waals surface area contributed by atoms with Crippen LogP contribution in [0.1, 0.15) is 16.7 Å². The maximum atomic E-state index is 11.0. The molecule has 0 spiro atoms. The van der Waals surface area contributed by atoms with Crippen LogP contribution in [0.5, 0.6) is 11.5 Å². The first kappa shape index (κ1) is 22.3. The van der Waals surface area contributed by atoms with E-state index in [1.165, 1.54) is 19.2 Å². The van der Waals surface area contributed by atoms with Gasteiger partial charge in [0.05, 0.1) is 23.7 Å². The molecule has 0 radical (unpaired) electrons. The van der Waals surface area contributed by atoms with E-state index in [0.29, 0.717) is 32.1 Å². The third-order valence-electron chi connectivity index (χ3n) is 4.41. The van der Waals surface area contributed by atoms with Crippen molar-refractivity contribution < 1.29 is 14.4 Å². The van der Waals surface area contributed by atoms with Crippen LogP contribution in [-0.4, -0.2) is 12.0 Å². The van der Waals surface area contributed by atoms with Crippen molar-refractivity contribution in [1.82, 2.24) is 0 Å². The molecule has 0 aliphatic carbocycles. The van der Waals surface area contributed by atoms with Crippen molar-refractivity contribution in [2.45, 2.75) is 6.61 Å². The predicted octanol–water partition coefficient (Wildman–Crippen LogP) is 6.66. The van der Waals surface area contributed by atoms with Gasteiger partial charge in [0.15, 0.2) is 11.5 Å². The summed E-state index contributed by atoms with van der Waals surface area (Å²) < 4.78 is 12.0. The molecule has 6 nitrogen and oxygen atoms in total. The quantitative estimate of drug-likeness (QED) is 0.157. The zero-order valence-electron chi connectivity index (χ0n) is 16.3. The van der Waals surface area contributed by atoms with E-state index in [2.05, 4.69) is 22.0 Å². The van der Waals surface area contributed by atoms with E-state index >= 15 is 0 Å². The van der Waals surface area contributed by atoms with Gasteiger partial charge in [-0.3, -0.25) is 10.1 Å². The van der Waals surface area contributed by atoms with Crippen LogP contribution >= 0.6 is 27.5 Å². The third-order valence-corrected chi connectivity index (χ3v) is 5.47. The molecular formula is C23H16BrClN2O4. The first-order valence-corrected chi connectivity index (χ1v) is 10.2. The van der Waals surface area contributed by atoms with E-state index in [4.69, 9.17) is 21.1 Å². The number of nitro groups is 1. The van der Waals surface area contributed by atoms with Crippen molar-refractivity contribution in [3.05, 3.63) is 97.0 Å². The Morgan fingerprint density at radius 1 is 1.19 bits per heavy atom. The zero-order chi connectivity index (χ0) is 22.4. The first-order valence-electron chi connectivity index (χ1n) is 9.03. The van der Waals surface area contributed by atoms with Gasteiger partial charge in [0.25, 0.3) is 5.69 Å². The second kappa shape index (κ2) is 10.1. The summed E-state index contributed by atoms with van der Waals surface area (Å²) in [6, 6.07) is 18.9. The van der Waals surface area contributed by atoms with Gasteiger partial charge in [0.2, 0.25) is 0 Å². The van der Waals surface area contributed by atoms with E-state index in [-0.39, 0.29) is 17.9 Å². The highest BCUT2D eigenvalue weighted by Gasteiger charge is 2.13. The predicted molar refractivity (Wildman–Crippen MR) is 123 cm³/mol. The lowest BCUT2D eigenvalue weighted by Crippen LogP contribution is -1.99. The summed E-state index contributed by atoms with van der Waals surface area (Å²) in [6.07, 6.45) is 1.63. The summed E-state index contributed by atoms with van der Waals surface area (Å²) in [5.41, 5.74) is 2.13. The molecule has 0 unspecified atom stereocenters. The fourth-order valence-electron chi connectivity index (χ4n) is 2.83. The second-order valence-electron chi connectivity index (χ2n) is 6.38. The Labute approximate surface area is 192 Å². The van der Waals surface area contributed by atoms with Gasteiger partial charge >= 0.3 is 0 Å². The van der Waals surface area contributed by atoms with E-state index in [9.17, 15) is 15.4 Å². The van der Waals surface area contributed by atoms with E-state index in [1.54, 1.807) is 36.4 Å². The van der Waals surface area contributed by atoms with Crippen molar-refractivity contribution >= 4 is 44.9 Å². The minimum Gasteiger partial charge on any atom is -0.493 e. The molecule has 0 saturated heterocycles. The van der Waals surface area contributed by atoms with Crippen LogP contribution in [0.4, 0.5) is 5.69 Å². The topological polar surface area (TPSA) is 85.4 Å². The fourth-order valence-corrected chi connectivity index (χ4v) is 3.45. The molecule has 0 aromatic heterocycles. The molecule has 0 bridgehead atoms. The molecule has 3 rings (SSSR count). The molecule has 156 valence electrons. The van der Waals surface area contributed by atoms with Crippen LogP contribution in [-0.2, 0) is 6.61 Å². The smallest absolute Gasteiger partial charge is 0.270 e. The molecule has 0 fully saturated rings. The van der Waals surface area contributed by atoms with Gasteiger partial charge in [-0.05, 0) is 35.4 Å². The van der Waals surface area contributed by atoms with Gasteiger partial charge in [-0.1, -0.05) is 57.9 Å². The molecule has 0 heterocycles. The number of allylic oxidation sites excluding steroid dienone is 1. The minimum absolute atomic E-state index is 0.0846. The second-order valence-corrected chi connectivity index (χ2v) is 7.64. The SMILES string of the molecule is COc1cc(C=C(C#N)c2cccc([N+](=O)[O-])c2)c(Br)cc1OCc1ccccc1Cl. The number of methoxy groups -OCH3 is 1. The number of nitro benzene ring substituents is 1. The first-order chi connectivity index (χ1) is 14.9. The number of halogens is 2. The summed E-state index contributed by atoms with van der Waals surface area (Å²) >= 11 is 9.68. The minimum atomic E-state index is -0.497. The van der Waals surface area contributed by atoms with Crippen molar-refractivity contribution in [3.8, 4) is 17.6 Å². The molecule has 0 aliphatic heterocycles. The molecule has 3 aromatic rings. The molecular weight excluding hydrogens is 484 g/mol. The zero-order valence-corrected chi connectivity index (χ0v) is 18.7. The number of ether oxygens (including phenoxy) is 2. The summed E-state index contributed by atoms with van der Waals surface area (Å²) in [7, 11) is 1.52. The Morgan fingerprint density at radius 3 is 2.65 bits per heavy atom. The van der Waals surface area contributed by atoms with Gasteiger partial charge in [0, 0.05) is 27.2 Å². The van der Waals surface area contributed by atoms with Crippen molar-refractivity contribution in [3.63, 3.8) is 0 Å². The van der Waals surface area contributed by atoms with Crippen molar-refractivity contribution in [2.75, 3.05) is 7.11 Å². The number of benzene rings is 3. The summed E-state index contributed by atoms with van der Waals surface area (Å²) in [6.45, 7) is 0.259. The maximum Gasteiger partial charge on any atom is 0.270 e. The number of hydrogen-bond donors (Lipinski definition) is 0. The maximum absolute atomic E-state index is 11.0. The Morgan fingerprint density at radius 2 is 1.97 bits per heavy atom. The van der Waals surface area contributed by atoms with Gasteiger partial charge in [-0.25, -0.2) is 0 Å². The average Bonchev–Trinajstić information content (AvgIpc) is 2.78. The molecule has 0 amide bonds. The van der Waals surface area contributed by atoms with Crippen LogP contribution in [0.3, 0.4) is 0 Å². The Hall–Kier alpha value is -3.34. The van der Waals surface area contributed by atoms with Gasteiger partial charge < -0.3 is 9.47 Å². The number of hydrogen-bond acceptors (Lipinski definition) is 5. The lowest BCUT2D eigenvalue weighted by Gasteiger charge is -2.14. The van der Waals surface area contributed by atoms with E-state index in [0.717, 1.165) is 5.56 Å². The number of nitrogens with zero attached hydrogens (tertiary/aromatic N) is 2. The number of rotatable bonds is 7. The van der Waals surface area contributed by atoms with Gasteiger partial charge in [0.1, 0.15) is 6.61 Å². The van der Waals surface area contributed by atoms with Crippen LogP contribution in [0.25, 0.3) is 11.6 Å². The van der Waals surface area contributed by atoms with Gasteiger partial charge in [-0.2, -0.15) is 5.26 Å². The fraction of sp³-hybridized carbons (Fsp3) is 0.0870. The lowest BCUT2D eigenvalue weighted by molar-refractivity contribution is -0.384. The highest BCUT2D eigenvalue weighted by Crippen LogP contribution is 2.36. The standard InChI is InChI=1S/C23H16BrClN2O4/c1-30-22-11-17(9-18(13-26)15-6-4-7-19(10-15)27(28)29)20(24)12-23(22)31-14-16-5-2-3-8-21(16)25/h2-12H,14H2,1H3. The highest BCUT2D eigenvalue weighted by molar-refractivity contribution is 9.10. The van der Waals surface area contributed by atoms with Crippen LogP contribution in [0, 0.1) is 21.4 Å². The van der Waals surface area contributed by atoms with E-state index in [1.807, 2.05) is 18.2 Å². The average molecular weight is 500 g/mol. The molecule has 0 saturated carbocycles. The molecule has 0 atom stereocenters. The monoisotopic (exact) mass is 498 g/mol.